The van der Waals surface area contributed by atoms with E-state index in [1.807, 2.05) is 18.2 Å². The van der Waals surface area contributed by atoms with Gasteiger partial charge in [-0.05, 0) is 73.2 Å². The van der Waals surface area contributed by atoms with Crippen LogP contribution in [-0.4, -0.2) is 39.0 Å². The molecule has 3 aromatic rings. The first-order valence-corrected chi connectivity index (χ1v) is 13.1. The number of alkyl halides is 3. The second-order valence-electron chi connectivity index (χ2n) is 8.03. The highest BCUT2D eigenvalue weighted by atomic mass is 32.2. The highest BCUT2D eigenvalue weighted by molar-refractivity contribution is 7.97. The second-order valence-corrected chi connectivity index (χ2v) is 10.7. The Morgan fingerprint density at radius 1 is 1.15 bits per heavy atom. The molecule has 1 fully saturated rings. The van der Waals surface area contributed by atoms with Crippen LogP contribution in [0.1, 0.15) is 18.5 Å². The molecule has 0 unspecified atom stereocenters. The number of nitrogens with one attached hydrogen (secondary N) is 2. The van der Waals surface area contributed by atoms with Gasteiger partial charge in [0, 0.05) is 50.0 Å². The van der Waals surface area contributed by atoms with Crippen LogP contribution in [0, 0.1) is 11.8 Å². The molecule has 10 heteroatoms. The fourth-order valence-electron chi connectivity index (χ4n) is 3.85. The lowest BCUT2D eigenvalue weighted by atomic mass is 10.1. The average Bonchev–Trinajstić information content (AvgIpc) is 3.13. The summed E-state index contributed by atoms with van der Waals surface area (Å²) in [6.45, 7) is -0.813. The van der Waals surface area contributed by atoms with Crippen molar-refractivity contribution in [1.29, 1.82) is 0 Å². The number of halogens is 3. The van der Waals surface area contributed by atoms with Gasteiger partial charge in [0.1, 0.15) is 6.54 Å². The van der Waals surface area contributed by atoms with Crippen LogP contribution in [0.3, 0.4) is 0 Å². The SMILES string of the molecule is Nc1ccc(SNCC#Cc2cc3c(NC4CCS(=O)CC4)cccc3n2CC(F)(F)F)cc1. The van der Waals surface area contributed by atoms with Crippen molar-refractivity contribution in [2.45, 2.75) is 36.5 Å². The van der Waals surface area contributed by atoms with E-state index in [0.29, 0.717) is 40.3 Å². The quantitative estimate of drug-likeness (QED) is 0.195. The van der Waals surface area contributed by atoms with Gasteiger partial charge in [-0.1, -0.05) is 12.0 Å². The molecule has 1 aromatic heterocycles. The molecule has 180 valence electrons. The van der Waals surface area contributed by atoms with E-state index in [2.05, 4.69) is 21.9 Å². The van der Waals surface area contributed by atoms with Crippen molar-refractivity contribution < 1.29 is 17.4 Å². The molecule has 0 bridgehead atoms. The minimum atomic E-state index is -4.37. The van der Waals surface area contributed by atoms with Crippen molar-refractivity contribution in [2.75, 3.05) is 29.1 Å². The Kier molecular flexibility index (Phi) is 7.76. The van der Waals surface area contributed by atoms with E-state index >= 15 is 0 Å². The predicted molar refractivity (Wildman–Crippen MR) is 134 cm³/mol. The zero-order chi connectivity index (χ0) is 24.1. The lowest BCUT2D eigenvalue weighted by Gasteiger charge is -2.24. The topological polar surface area (TPSA) is 72.1 Å². The number of nitrogen functional groups attached to an aromatic ring is 1. The van der Waals surface area contributed by atoms with Crippen LogP contribution >= 0.6 is 11.9 Å². The monoisotopic (exact) mass is 506 g/mol. The maximum atomic E-state index is 13.4. The summed E-state index contributed by atoms with van der Waals surface area (Å²) in [5, 5.41) is 4.15. The third kappa shape index (κ3) is 6.50. The molecule has 2 aromatic carbocycles. The van der Waals surface area contributed by atoms with Crippen LogP contribution in [0.5, 0.6) is 0 Å². The summed E-state index contributed by atoms with van der Waals surface area (Å²) in [6.07, 6.45) is -2.82. The Labute approximate surface area is 203 Å². The zero-order valence-electron chi connectivity index (χ0n) is 18.3. The van der Waals surface area contributed by atoms with Crippen molar-refractivity contribution in [1.82, 2.24) is 9.29 Å². The lowest BCUT2D eigenvalue weighted by molar-refractivity contribution is -0.140. The first-order chi connectivity index (χ1) is 16.3. The maximum Gasteiger partial charge on any atom is 0.406 e. The third-order valence-electron chi connectivity index (χ3n) is 5.48. The fourth-order valence-corrected chi connectivity index (χ4v) is 5.73. The van der Waals surface area contributed by atoms with Crippen LogP contribution in [0.15, 0.2) is 53.4 Å². The van der Waals surface area contributed by atoms with Crippen molar-refractivity contribution in [3.05, 3.63) is 54.2 Å². The highest BCUT2D eigenvalue weighted by Crippen LogP contribution is 2.31. The third-order valence-corrected chi connectivity index (χ3v) is 7.66. The van der Waals surface area contributed by atoms with E-state index in [-0.39, 0.29) is 6.04 Å². The molecule has 0 radical (unpaired) electrons. The van der Waals surface area contributed by atoms with Gasteiger partial charge < -0.3 is 15.6 Å². The summed E-state index contributed by atoms with van der Waals surface area (Å²) in [6, 6.07) is 14.5. The molecular weight excluding hydrogens is 481 g/mol. The maximum absolute atomic E-state index is 13.4. The van der Waals surface area contributed by atoms with Crippen LogP contribution in [0.2, 0.25) is 0 Å². The smallest absolute Gasteiger partial charge is 0.399 e. The fraction of sp³-hybridized carbons (Fsp3) is 0.333. The largest absolute Gasteiger partial charge is 0.406 e. The number of hydrogen-bond acceptors (Lipinski definition) is 5. The van der Waals surface area contributed by atoms with Crippen LogP contribution in [0.25, 0.3) is 10.9 Å². The van der Waals surface area contributed by atoms with Gasteiger partial charge in [0.2, 0.25) is 0 Å². The molecule has 4 rings (SSSR count). The molecule has 34 heavy (non-hydrogen) atoms. The van der Waals surface area contributed by atoms with E-state index in [4.69, 9.17) is 5.73 Å². The number of anilines is 2. The number of rotatable bonds is 6. The first kappa shape index (κ1) is 24.5. The highest BCUT2D eigenvalue weighted by Gasteiger charge is 2.30. The van der Waals surface area contributed by atoms with E-state index in [0.717, 1.165) is 23.4 Å². The van der Waals surface area contributed by atoms with Crippen LogP contribution in [0.4, 0.5) is 24.5 Å². The summed E-state index contributed by atoms with van der Waals surface area (Å²) < 4.78 is 56.0. The van der Waals surface area contributed by atoms with E-state index in [1.54, 1.807) is 30.3 Å². The molecule has 0 aliphatic carbocycles. The van der Waals surface area contributed by atoms with Gasteiger partial charge in [0.15, 0.2) is 0 Å². The summed E-state index contributed by atoms with van der Waals surface area (Å²) in [4.78, 5) is 0.962. The second kappa shape index (κ2) is 10.8. The van der Waals surface area contributed by atoms with Gasteiger partial charge in [-0.2, -0.15) is 13.2 Å². The van der Waals surface area contributed by atoms with Crippen molar-refractivity contribution in [3.8, 4) is 11.8 Å². The Morgan fingerprint density at radius 2 is 1.88 bits per heavy atom. The lowest BCUT2D eigenvalue weighted by Crippen LogP contribution is -2.29. The molecule has 5 nitrogen and oxygen atoms in total. The number of nitrogens with two attached hydrogens (primary N) is 1. The number of nitrogens with zero attached hydrogens (tertiary/aromatic N) is 1. The van der Waals surface area contributed by atoms with Crippen LogP contribution in [-0.2, 0) is 17.3 Å². The van der Waals surface area contributed by atoms with Gasteiger partial charge in [0.05, 0.1) is 17.8 Å². The number of aromatic nitrogens is 1. The summed E-state index contributed by atoms with van der Waals surface area (Å²) in [7, 11) is -0.777. The van der Waals surface area contributed by atoms with E-state index < -0.39 is 23.5 Å². The molecule has 1 saturated heterocycles. The summed E-state index contributed by atoms with van der Waals surface area (Å²) >= 11 is 1.38. The zero-order valence-corrected chi connectivity index (χ0v) is 20.0. The average molecular weight is 507 g/mol. The Bertz CT molecular complexity index is 1220. The predicted octanol–water partition coefficient (Wildman–Crippen LogP) is 4.76. The van der Waals surface area contributed by atoms with Crippen molar-refractivity contribution >= 4 is 45.0 Å². The normalized spacial score (nSPS) is 18.4. The molecule has 1 aliphatic rings. The standard InChI is InChI=1S/C24H25F3N4OS2/c25-24(26,27)16-31-19(3-2-12-29-33-20-8-6-17(28)7-9-20)15-21-22(4-1-5-23(21)31)30-18-10-13-34(32)14-11-18/h1,4-9,15,18,29-30H,10-14,16,28H2. The minimum absolute atomic E-state index is 0.151. The Balaban J connectivity index is 1.54. The molecular formula is C24H25F3N4OS2. The minimum Gasteiger partial charge on any atom is -0.399 e. The molecule has 0 atom stereocenters. The van der Waals surface area contributed by atoms with Crippen molar-refractivity contribution in [2.24, 2.45) is 0 Å². The van der Waals surface area contributed by atoms with E-state index in [1.165, 1.54) is 16.5 Å². The molecule has 0 spiro atoms. The molecule has 4 N–H and O–H groups in total. The Morgan fingerprint density at radius 3 is 2.59 bits per heavy atom. The Hall–Kier alpha value is -2.61. The number of fused-ring (bicyclic) bond motifs is 1. The molecule has 0 amide bonds. The van der Waals surface area contributed by atoms with Gasteiger partial charge in [-0.15, -0.1) is 0 Å². The summed E-state index contributed by atoms with van der Waals surface area (Å²) in [5.41, 5.74) is 7.92. The molecule has 2 heterocycles. The summed E-state index contributed by atoms with van der Waals surface area (Å²) in [5.74, 6) is 7.11. The van der Waals surface area contributed by atoms with Gasteiger partial charge in [-0.25, -0.2) is 4.72 Å². The van der Waals surface area contributed by atoms with Gasteiger partial charge in [0.25, 0.3) is 0 Å². The van der Waals surface area contributed by atoms with E-state index in [9.17, 15) is 17.4 Å². The van der Waals surface area contributed by atoms with Gasteiger partial charge >= 0.3 is 6.18 Å². The first-order valence-electron chi connectivity index (χ1n) is 10.8. The number of hydrogen-bond donors (Lipinski definition) is 3. The van der Waals surface area contributed by atoms with Crippen molar-refractivity contribution in [3.63, 3.8) is 0 Å². The molecule has 0 saturated carbocycles. The van der Waals surface area contributed by atoms with Gasteiger partial charge in [-0.3, -0.25) is 4.21 Å². The van der Waals surface area contributed by atoms with Crippen LogP contribution < -0.4 is 15.8 Å². The number of benzene rings is 2. The molecule has 1 aliphatic heterocycles.